The van der Waals surface area contributed by atoms with E-state index in [1.165, 1.54) is 44.9 Å². The molecule has 5 saturated carbocycles. The average Bonchev–Trinajstić information content (AvgIpc) is 3.13. The molecule has 148 valence electrons. The van der Waals surface area contributed by atoms with Gasteiger partial charge in [-0.05, 0) is 116 Å². The van der Waals surface area contributed by atoms with Crippen molar-refractivity contribution >= 4 is 0 Å². The number of fused-ring (bicyclic) bond motifs is 7. The number of hydrogen-bond donors (Lipinski definition) is 1. The summed E-state index contributed by atoms with van der Waals surface area (Å²) in [7, 11) is 0. The van der Waals surface area contributed by atoms with Crippen molar-refractivity contribution in [2.75, 3.05) is 0 Å². The van der Waals surface area contributed by atoms with Crippen LogP contribution in [0.3, 0.4) is 0 Å². The van der Waals surface area contributed by atoms with Crippen molar-refractivity contribution in [1.29, 1.82) is 0 Å². The van der Waals surface area contributed by atoms with Crippen LogP contribution < -0.4 is 0 Å². The van der Waals surface area contributed by atoms with Gasteiger partial charge in [0.05, 0.1) is 6.10 Å². The topological polar surface area (TPSA) is 20.2 Å². The average molecular weight is 359 g/mol. The molecule has 1 N–H and O–H groups in total. The molecule has 26 heavy (non-hydrogen) atoms. The predicted molar refractivity (Wildman–Crippen MR) is 108 cm³/mol. The van der Waals surface area contributed by atoms with Crippen LogP contribution in [0.1, 0.15) is 97.8 Å². The zero-order valence-electron chi connectivity index (χ0n) is 17.6. The summed E-state index contributed by atoms with van der Waals surface area (Å²) in [5.41, 5.74) is 1.15. The molecule has 0 aliphatic heterocycles. The molecule has 5 fully saturated rings. The van der Waals surface area contributed by atoms with Gasteiger partial charge >= 0.3 is 0 Å². The molecule has 0 aromatic rings. The van der Waals surface area contributed by atoms with Gasteiger partial charge in [0, 0.05) is 0 Å². The first kappa shape index (κ1) is 18.0. The van der Waals surface area contributed by atoms with E-state index < -0.39 is 0 Å². The molecule has 10 atom stereocenters. The third-order valence-corrected chi connectivity index (χ3v) is 11.3. The van der Waals surface area contributed by atoms with Gasteiger partial charge in [0.1, 0.15) is 0 Å². The SMILES string of the molecule is CCC12CCC3C(C)C(O)CCC3(C)C1CCC1C3CCCC3CCC12. The van der Waals surface area contributed by atoms with Crippen molar-refractivity contribution in [2.45, 2.75) is 104 Å². The Morgan fingerprint density at radius 1 is 0.846 bits per heavy atom. The number of hydrogen-bond acceptors (Lipinski definition) is 1. The van der Waals surface area contributed by atoms with Gasteiger partial charge in [-0.1, -0.05) is 33.6 Å². The first-order valence-corrected chi connectivity index (χ1v) is 12.2. The maximum atomic E-state index is 10.5. The molecule has 5 aliphatic carbocycles. The quantitative estimate of drug-likeness (QED) is 0.571. The Kier molecular flexibility index (Phi) is 4.32. The van der Waals surface area contributed by atoms with E-state index in [0.717, 1.165) is 41.9 Å². The molecule has 0 bridgehead atoms. The highest BCUT2D eigenvalue weighted by atomic mass is 16.3. The van der Waals surface area contributed by atoms with Crippen molar-refractivity contribution in [1.82, 2.24) is 0 Å². The van der Waals surface area contributed by atoms with Gasteiger partial charge in [0.2, 0.25) is 0 Å². The molecule has 0 radical (unpaired) electrons. The predicted octanol–water partition coefficient (Wildman–Crippen LogP) is 6.44. The van der Waals surface area contributed by atoms with E-state index in [4.69, 9.17) is 0 Å². The number of aliphatic hydroxyl groups excluding tert-OH is 1. The Hall–Kier alpha value is -0.0400. The van der Waals surface area contributed by atoms with E-state index in [1.54, 1.807) is 25.7 Å². The standard InChI is InChI=1S/C25H42O/c1-4-25-15-12-20-16(2)22(26)13-14-24(20,3)23(25)11-9-19-18-7-5-6-17(18)8-10-21(19)25/h16-23,26H,4-15H2,1-3H3. The summed E-state index contributed by atoms with van der Waals surface area (Å²) < 4.78 is 0. The van der Waals surface area contributed by atoms with E-state index in [1.807, 2.05) is 0 Å². The van der Waals surface area contributed by atoms with Gasteiger partial charge in [-0.15, -0.1) is 0 Å². The first-order chi connectivity index (χ1) is 12.5. The minimum atomic E-state index is -0.0348. The van der Waals surface area contributed by atoms with Crippen LogP contribution >= 0.6 is 0 Å². The van der Waals surface area contributed by atoms with Crippen LogP contribution in [0.4, 0.5) is 0 Å². The van der Waals surface area contributed by atoms with Crippen LogP contribution in [0.2, 0.25) is 0 Å². The summed E-state index contributed by atoms with van der Waals surface area (Å²) in [5, 5.41) is 10.5. The Morgan fingerprint density at radius 2 is 1.69 bits per heavy atom. The minimum absolute atomic E-state index is 0.0348. The van der Waals surface area contributed by atoms with Crippen LogP contribution in [-0.4, -0.2) is 11.2 Å². The van der Waals surface area contributed by atoms with E-state index >= 15 is 0 Å². The molecule has 1 nitrogen and oxygen atoms in total. The Morgan fingerprint density at radius 3 is 2.50 bits per heavy atom. The summed E-state index contributed by atoms with van der Waals surface area (Å²) in [6.07, 6.45) is 17.4. The molecule has 0 aromatic heterocycles. The number of rotatable bonds is 1. The van der Waals surface area contributed by atoms with E-state index in [9.17, 15) is 5.11 Å². The highest BCUT2D eigenvalue weighted by Crippen LogP contribution is 2.71. The van der Waals surface area contributed by atoms with Gasteiger partial charge in [-0.2, -0.15) is 0 Å². The highest BCUT2D eigenvalue weighted by Gasteiger charge is 2.63. The summed E-state index contributed by atoms with van der Waals surface area (Å²) in [6, 6.07) is 0. The van der Waals surface area contributed by atoms with Gasteiger partial charge in [-0.3, -0.25) is 0 Å². The van der Waals surface area contributed by atoms with Gasteiger partial charge in [0.25, 0.3) is 0 Å². The summed E-state index contributed by atoms with van der Waals surface area (Å²) >= 11 is 0. The fraction of sp³-hybridized carbons (Fsp3) is 1.00. The summed E-state index contributed by atoms with van der Waals surface area (Å²) in [6.45, 7) is 7.57. The Bertz CT molecular complexity index is 542. The normalized spacial score (nSPS) is 59.1. The third kappa shape index (κ3) is 2.25. The van der Waals surface area contributed by atoms with Gasteiger partial charge in [-0.25, -0.2) is 0 Å². The van der Waals surface area contributed by atoms with E-state index in [-0.39, 0.29) is 6.10 Å². The van der Waals surface area contributed by atoms with Crippen molar-refractivity contribution in [2.24, 2.45) is 52.3 Å². The highest BCUT2D eigenvalue weighted by molar-refractivity contribution is 5.12. The molecule has 0 spiro atoms. The molecule has 0 saturated heterocycles. The zero-order chi connectivity index (χ0) is 18.1. The first-order valence-electron chi connectivity index (χ1n) is 12.2. The van der Waals surface area contributed by atoms with Crippen LogP contribution in [-0.2, 0) is 0 Å². The Labute approximate surface area is 161 Å². The second-order valence-electron chi connectivity index (χ2n) is 11.5. The van der Waals surface area contributed by atoms with E-state index in [0.29, 0.717) is 16.7 Å². The second-order valence-corrected chi connectivity index (χ2v) is 11.5. The lowest BCUT2D eigenvalue weighted by atomic mass is 9.37. The lowest BCUT2D eigenvalue weighted by molar-refractivity contribution is -0.196. The molecule has 5 rings (SSSR count). The largest absolute Gasteiger partial charge is 0.393 e. The third-order valence-electron chi connectivity index (χ3n) is 11.3. The molecular formula is C25H42O. The van der Waals surface area contributed by atoms with Crippen LogP contribution in [0.5, 0.6) is 0 Å². The maximum Gasteiger partial charge on any atom is 0.0568 e. The number of aliphatic hydroxyl groups is 1. The van der Waals surface area contributed by atoms with Crippen molar-refractivity contribution < 1.29 is 5.11 Å². The maximum absolute atomic E-state index is 10.5. The second kappa shape index (κ2) is 6.23. The molecule has 1 heteroatoms. The monoisotopic (exact) mass is 358 g/mol. The fourth-order valence-corrected chi connectivity index (χ4v) is 10.2. The Balaban J connectivity index is 1.49. The van der Waals surface area contributed by atoms with Crippen LogP contribution in [0.15, 0.2) is 0 Å². The zero-order valence-corrected chi connectivity index (χ0v) is 17.6. The molecule has 0 amide bonds. The van der Waals surface area contributed by atoms with Crippen LogP contribution in [0, 0.1) is 52.3 Å². The fourth-order valence-electron chi connectivity index (χ4n) is 10.2. The van der Waals surface area contributed by atoms with Crippen molar-refractivity contribution in [3.63, 3.8) is 0 Å². The van der Waals surface area contributed by atoms with Crippen molar-refractivity contribution in [3.05, 3.63) is 0 Å². The molecule has 5 aliphatic rings. The van der Waals surface area contributed by atoms with E-state index in [2.05, 4.69) is 20.8 Å². The summed E-state index contributed by atoms with van der Waals surface area (Å²) in [5.74, 6) is 6.52. The minimum Gasteiger partial charge on any atom is -0.393 e. The van der Waals surface area contributed by atoms with Gasteiger partial charge in [0.15, 0.2) is 0 Å². The molecule has 10 unspecified atom stereocenters. The molecular weight excluding hydrogens is 316 g/mol. The van der Waals surface area contributed by atoms with Crippen LogP contribution in [0.25, 0.3) is 0 Å². The van der Waals surface area contributed by atoms with Gasteiger partial charge < -0.3 is 5.11 Å². The summed E-state index contributed by atoms with van der Waals surface area (Å²) in [4.78, 5) is 0. The molecule has 0 aromatic carbocycles. The lowest BCUT2D eigenvalue weighted by Crippen LogP contribution is -2.61. The molecule has 0 heterocycles. The smallest absolute Gasteiger partial charge is 0.0568 e. The van der Waals surface area contributed by atoms with Crippen molar-refractivity contribution in [3.8, 4) is 0 Å². The lowest BCUT2D eigenvalue weighted by Gasteiger charge is -2.68.